The largest absolute Gasteiger partial charge is 0.362 e. The smallest absolute Gasteiger partial charge is 0.277 e. The molecule has 2 aromatic carbocycles. The van der Waals surface area contributed by atoms with Crippen molar-refractivity contribution in [3.05, 3.63) is 46.0 Å². The number of anilines is 1. The van der Waals surface area contributed by atoms with E-state index in [0.29, 0.717) is 5.39 Å². The van der Waals surface area contributed by atoms with Gasteiger partial charge in [0.05, 0.1) is 10.3 Å². The van der Waals surface area contributed by atoms with Gasteiger partial charge in [0.25, 0.3) is 5.69 Å². The third-order valence-electron chi connectivity index (χ3n) is 3.55. The number of nitro groups is 1. The highest BCUT2D eigenvalue weighted by Gasteiger charge is 2.20. The van der Waals surface area contributed by atoms with Crippen molar-refractivity contribution in [1.82, 2.24) is 0 Å². The minimum absolute atomic E-state index is 0.0173. The van der Waals surface area contributed by atoms with Crippen LogP contribution in [-0.4, -0.2) is 18.3 Å². The van der Waals surface area contributed by atoms with Gasteiger partial charge in [0.2, 0.25) is 0 Å². The van der Waals surface area contributed by atoms with Crippen LogP contribution in [0.4, 0.5) is 11.4 Å². The van der Waals surface area contributed by atoms with Gasteiger partial charge in [-0.15, -0.1) is 0 Å². The first-order valence-corrected chi connectivity index (χ1v) is 6.18. The van der Waals surface area contributed by atoms with Crippen molar-refractivity contribution in [2.24, 2.45) is 0 Å². The molecule has 0 spiro atoms. The van der Waals surface area contributed by atoms with Crippen LogP contribution in [-0.2, 0) is 11.2 Å². The molecule has 0 bridgehead atoms. The monoisotopic (exact) mass is 258 g/mol. The normalized spacial score (nSPS) is 17.8. The van der Waals surface area contributed by atoms with Crippen LogP contribution in [0.15, 0.2) is 30.3 Å². The fourth-order valence-electron chi connectivity index (χ4n) is 2.56. The average Bonchev–Trinajstić information content (AvgIpc) is 2.43. The molecule has 0 aromatic heterocycles. The van der Waals surface area contributed by atoms with Crippen molar-refractivity contribution >= 4 is 22.1 Å². The van der Waals surface area contributed by atoms with Crippen molar-refractivity contribution in [3.8, 4) is 0 Å². The second-order valence-corrected chi connectivity index (χ2v) is 4.67. The van der Waals surface area contributed by atoms with Crippen LogP contribution in [0.1, 0.15) is 12.0 Å². The van der Waals surface area contributed by atoms with E-state index in [9.17, 15) is 10.1 Å². The zero-order chi connectivity index (χ0) is 13.4. The lowest BCUT2D eigenvalue weighted by Crippen LogP contribution is -2.26. The highest BCUT2D eigenvalue weighted by atomic mass is 16.6. The number of fused-ring (bicyclic) bond motifs is 2. The first-order valence-electron chi connectivity index (χ1n) is 6.18. The van der Waals surface area contributed by atoms with E-state index in [2.05, 4.69) is 5.32 Å². The Balaban J connectivity index is 2.16. The van der Waals surface area contributed by atoms with Crippen LogP contribution in [0.25, 0.3) is 10.8 Å². The maximum Gasteiger partial charge on any atom is 0.277 e. The van der Waals surface area contributed by atoms with E-state index in [4.69, 9.17) is 4.74 Å². The molecule has 0 radical (unpaired) electrons. The third-order valence-corrected chi connectivity index (χ3v) is 3.55. The minimum atomic E-state index is -0.330. The molecular weight excluding hydrogens is 244 g/mol. The number of ether oxygens (including phenoxy) is 1. The number of nitrogens with zero attached hydrogens (tertiary/aromatic N) is 1. The lowest BCUT2D eigenvalue weighted by Gasteiger charge is -2.26. The maximum absolute atomic E-state index is 11.1. The van der Waals surface area contributed by atoms with Gasteiger partial charge in [0, 0.05) is 18.9 Å². The molecule has 2 aromatic rings. The summed E-state index contributed by atoms with van der Waals surface area (Å²) in [7, 11) is 1.68. The molecule has 1 aliphatic rings. The lowest BCUT2D eigenvalue weighted by molar-refractivity contribution is -0.383. The first-order chi connectivity index (χ1) is 9.19. The van der Waals surface area contributed by atoms with Gasteiger partial charge >= 0.3 is 0 Å². The van der Waals surface area contributed by atoms with E-state index in [1.165, 1.54) is 0 Å². The number of hydrogen-bond acceptors (Lipinski definition) is 4. The average molecular weight is 258 g/mol. The Bertz CT molecular complexity index is 654. The fraction of sp³-hybridized carbons (Fsp3) is 0.286. The van der Waals surface area contributed by atoms with Gasteiger partial charge in [0.1, 0.15) is 6.23 Å². The summed E-state index contributed by atoms with van der Waals surface area (Å²) in [5.41, 5.74) is 2.27. The standard InChI is InChI=1S/C14H14N2O3/c1-19-14-6-5-10-7-11-9(8-12(10)15-14)3-2-4-13(11)16(17)18/h2-4,7-8,14-15H,5-6H2,1H3. The number of nitro benzene ring substituents is 1. The van der Waals surface area contributed by atoms with Crippen molar-refractivity contribution in [3.63, 3.8) is 0 Å². The first kappa shape index (κ1) is 11.9. The number of nitrogens with one attached hydrogen (secondary N) is 1. The maximum atomic E-state index is 11.1. The van der Waals surface area contributed by atoms with Crippen LogP contribution in [0.2, 0.25) is 0 Å². The van der Waals surface area contributed by atoms with E-state index in [1.807, 2.05) is 18.2 Å². The minimum Gasteiger partial charge on any atom is -0.362 e. The van der Waals surface area contributed by atoms with E-state index >= 15 is 0 Å². The van der Waals surface area contributed by atoms with Crippen LogP contribution >= 0.6 is 0 Å². The van der Waals surface area contributed by atoms with Gasteiger partial charge in [-0.1, -0.05) is 12.1 Å². The molecule has 1 unspecified atom stereocenters. The lowest BCUT2D eigenvalue weighted by atomic mass is 9.97. The van der Waals surface area contributed by atoms with E-state index < -0.39 is 0 Å². The van der Waals surface area contributed by atoms with Crippen LogP contribution in [0.3, 0.4) is 0 Å². The predicted octanol–water partition coefficient (Wildman–Crippen LogP) is 3.08. The van der Waals surface area contributed by atoms with Gasteiger partial charge < -0.3 is 10.1 Å². The quantitative estimate of drug-likeness (QED) is 0.664. The second kappa shape index (κ2) is 4.51. The number of benzene rings is 2. The summed E-state index contributed by atoms with van der Waals surface area (Å²) in [4.78, 5) is 10.7. The molecule has 98 valence electrons. The molecule has 1 heterocycles. The Morgan fingerprint density at radius 2 is 2.26 bits per heavy atom. The summed E-state index contributed by atoms with van der Waals surface area (Å²) in [5, 5.41) is 15.9. The molecule has 1 aliphatic heterocycles. The van der Waals surface area contributed by atoms with Crippen LogP contribution < -0.4 is 5.32 Å². The van der Waals surface area contributed by atoms with Crippen molar-refractivity contribution in [2.75, 3.05) is 12.4 Å². The van der Waals surface area contributed by atoms with Crippen LogP contribution in [0, 0.1) is 10.1 Å². The van der Waals surface area contributed by atoms with Crippen molar-refractivity contribution in [2.45, 2.75) is 19.1 Å². The molecule has 19 heavy (non-hydrogen) atoms. The number of hydrogen-bond donors (Lipinski definition) is 1. The Kier molecular flexibility index (Phi) is 2.83. The summed E-state index contributed by atoms with van der Waals surface area (Å²) in [6.07, 6.45) is 1.75. The summed E-state index contributed by atoms with van der Waals surface area (Å²) >= 11 is 0. The summed E-state index contributed by atoms with van der Waals surface area (Å²) in [6.45, 7) is 0. The second-order valence-electron chi connectivity index (χ2n) is 4.67. The van der Waals surface area contributed by atoms with Crippen LogP contribution in [0.5, 0.6) is 0 Å². The third kappa shape index (κ3) is 2.02. The molecule has 1 atom stereocenters. The Morgan fingerprint density at radius 1 is 1.42 bits per heavy atom. The number of aryl methyl sites for hydroxylation is 1. The van der Waals surface area contributed by atoms with E-state index in [0.717, 1.165) is 29.5 Å². The SMILES string of the molecule is COC1CCc2cc3c([N+](=O)[O-])cccc3cc2N1. The molecular formula is C14H14N2O3. The Hall–Kier alpha value is -2.14. The van der Waals surface area contributed by atoms with Crippen molar-refractivity contribution < 1.29 is 9.66 Å². The van der Waals surface area contributed by atoms with Gasteiger partial charge in [-0.2, -0.15) is 0 Å². The predicted molar refractivity (Wildman–Crippen MR) is 73.3 cm³/mol. The van der Waals surface area contributed by atoms with E-state index in [-0.39, 0.29) is 16.8 Å². The zero-order valence-electron chi connectivity index (χ0n) is 10.6. The molecule has 0 saturated carbocycles. The number of non-ortho nitro benzene ring substituents is 1. The Labute approximate surface area is 110 Å². The molecule has 0 saturated heterocycles. The number of rotatable bonds is 2. The fourth-order valence-corrected chi connectivity index (χ4v) is 2.56. The number of methoxy groups -OCH3 is 1. The molecule has 5 nitrogen and oxygen atoms in total. The summed E-state index contributed by atoms with van der Waals surface area (Å²) in [6, 6.07) is 9.03. The summed E-state index contributed by atoms with van der Waals surface area (Å²) < 4.78 is 5.30. The van der Waals surface area contributed by atoms with E-state index in [1.54, 1.807) is 19.2 Å². The molecule has 0 fully saturated rings. The molecule has 0 aliphatic carbocycles. The molecule has 1 N–H and O–H groups in total. The molecule has 0 amide bonds. The zero-order valence-corrected chi connectivity index (χ0v) is 10.6. The van der Waals surface area contributed by atoms with Gasteiger partial charge in [0.15, 0.2) is 0 Å². The molecule has 5 heteroatoms. The summed E-state index contributed by atoms with van der Waals surface area (Å²) in [5.74, 6) is 0. The van der Waals surface area contributed by atoms with Gasteiger partial charge in [-0.3, -0.25) is 10.1 Å². The van der Waals surface area contributed by atoms with Gasteiger partial charge in [-0.05, 0) is 35.9 Å². The topological polar surface area (TPSA) is 64.4 Å². The highest BCUT2D eigenvalue weighted by molar-refractivity contribution is 5.94. The van der Waals surface area contributed by atoms with Gasteiger partial charge in [-0.25, -0.2) is 0 Å². The Morgan fingerprint density at radius 3 is 3.00 bits per heavy atom. The van der Waals surface area contributed by atoms with Crippen molar-refractivity contribution in [1.29, 1.82) is 0 Å². The highest BCUT2D eigenvalue weighted by Crippen LogP contribution is 2.33. The molecule has 3 rings (SSSR count).